The average molecular weight is 380 g/mol. The molecule has 0 amide bonds. The highest BCUT2D eigenvalue weighted by Crippen LogP contribution is 2.70. The smallest absolute Gasteiger partial charge is 0.334 e. The van der Waals surface area contributed by atoms with Gasteiger partial charge in [-0.1, -0.05) is 37.5 Å². The van der Waals surface area contributed by atoms with Gasteiger partial charge in [-0.05, 0) is 62.5 Å². The van der Waals surface area contributed by atoms with Gasteiger partial charge >= 0.3 is 7.60 Å². The number of ether oxygens (including phenoxy) is 1. The summed E-state index contributed by atoms with van der Waals surface area (Å²) in [5.74, 6) is 1.31. The highest BCUT2D eigenvalue weighted by atomic mass is 31.2. The Morgan fingerprint density at radius 3 is 2.42 bits per heavy atom. The van der Waals surface area contributed by atoms with Crippen LogP contribution in [-0.4, -0.2) is 26.0 Å². The normalized spacial score (nSPS) is 29.2. The molecule has 3 atom stereocenters. The molecule has 4 nitrogen and oxygen atoms in total. The second-order valence-corrected chi connectivity index (χ2v) is 9.78. The zero-order valence-electron chi connectivity index (χ0n) is 16.4. The molecule has 5 heteroatoms. The fourth-order valence-electron chi connectivity index (χ4n) is 5.51. The molecule has 1 spiro atoms. The molecule has 1 aromatic carbocycles. The highest BCUT2D eigenvalue weighted by molar-refractivity contribution is 7.54. The van der Waals surface area contributed by atoms with Crippen molar-refractivity contribution in [1.82, 2.24) is 0 Å². The molecule has 0 aromatic heterocycles. The summed E-state index contributed by atoms with van der Waals surface area (Å²) in [5, 5.41) is 0. The molecule has 0 aliphatic heterocycles. The summed E-state index contributed by atoms with van der Waals surface area (Å²) in [6.07, 6.45) is 7.76. The zero-order chi connectivity index (χ0) is 18.6. The fourth-order valence-corrected chi connectivity index (χ4v) is 8.23. The second kappa shape index (κ2) is 8.46. The second-order valence-electron chi connectivity index (χ2n) is 7.56. The van der Waals surface area contributed by atoms with Crippen LogP contribution in [0.15, 0.2) is 24.3 Å². The van der Waals surface area contributed by atoms with Crippen LogP contribution in [0, 0.1) is 5.41 Å². The fraction of sp³-hybridized carbons (Fsp3) is 0.714. The van der Waals surface area contributed by atoms with E-state index in [1.54, 1.807) is 7.11 Å². The van der Waals surface area contributed by atoms with Gasteiger partial charge < -0.3 is 13.8 Å². The minimum absolute atomic E-state index is 0.00719. The first-order chi connectivity index (χ1) is 12.6. The van der Waals surface area contributed by atoms with Gasteiger partial charge in [0.05, 0.1) is 26.0 Å². The summed E-state index contributed by atoms with van der Waals surface area (Å²) in [6.45, 7) is 4.68. The zero-order valence-corrected chi connectivity index (χ0v) is 17.3. The van der Waals surface area contributed by atoms with Crippen molar-refractivity contribution in [2.75, 3.05) is 20.3 Å². The molecule has 0 radical (unpaired) electrons. The molecule has 0 bridgehead atoms. The Kier molecular flexibility index (Phi) is 6.48. The van der Waals surface area contributed by atoms with E-state index in [0.29, 0.717) is 19.1 Å². The Labute approximate surface area is 158 Å². The maximum absolute atomic E-state index is 13.7. The van der Waals surface area contributed by atoms with E-state index in [1.807, 2.05) is 26.0 Å². The molecule has 2 fully saturated rings. The van der Waals surface area contributed by atoms with Gasteiger partial charge in [0.15, 0.2) is 0 Å². The molecule has 2 aliphatic rings. The summed E-state index contributed by atoms with van der Waals surface area (Å²) in [4.78, 5) is 0. The number of para-hydroxylation sites is 1. The average Bonchev–Trinajstić information content (AvgIpc) is 3.07. The van der Waals surface area contributed by atoms with E-state index in [2.05, 4.69) is 12.1 Å². The van der Waals surface area contributed by atoms with Gasteiger partial charge in [-0.15, -0.1) is 0 Å². The van der Waals surface area contributed by atoms with Crippen LogP contribution in [0.2, 0.25) is 0 Å². The van der Waals surface area contributed by atoms with E-state index in [-0.39, 0.29) is 11.1 Å². The Morgan fingerprint density at radius 2 is 1.73 bits per heavy atom. The van der Waals surface area contributed by atoms with Crippen LogP contribution in [0.1, 0.15) is 70.3 Å². The topological polar surface area (TPSA) is 44.8 Å². The van der Waals surface area contributed by atoms with E-state index >= 15 is 0 Å². The Bertz CT molecular complexity index is 637. The Balaban J connectivity index is 2.04. The minimum atomic E-state index is -3.12. The van der Waals surface area contributed by atoms with Crippen LogP contribution >= 0.6 is 7.60 Å². The van der Waals surface area contributed by atoms with Gasteiger partial charge in [-0.3, -0.25) is 4.57 Å². The lowest BCUT2D eigenvalue weighted by Gasteiger charge is -2.47. The van der Waals surface area contributed by atoms with Crippen molar-refractivity contribution in [1.29, 1.82) is 0 Å². The summed E-state index contributed by atoms with van der Waals surface area (Å²) in [5.41, 5.74) is 1.25. The molecule has 2 aliphatic carbocycles. The molecule has 0 heterocycles. The first-order valence-electron chi connectivity index (χ1n) is 10.1. The molecular formula is C21H33O4P. The quantitative estimate of drug-likeness (QED) is 0.532. The molecule has 2 saturated carbocycles. The van der Waals surface area contributed by atoms with Gasteiger partial charge in [0, 0.05) is 0 Å². The molecule has 0 N–H and O–H groups in total. The van der Waals surface area contributed by atoms with Crippen LogP contribution in [0.5, 0.6) is 5.75 Å². The van der Waals surface area contributed by atoms with Crippen LogP contribution in [0.25, 0.3) is 0 Å². The lowest BCUT2D eigenvalue weighted by molar-refractivity contribution is 0.128. The first kappa shape index (κ1) is 19.9. The Hall–Kier alpha value is -0.830. The monoisotopic (exact) mass is 380 g/mol. The number of rotatable bonds is 7. The number of benzene rings is 1. The van der Waals surface area contributed by atoms with Crippen LogP contribution in [-0.2, 0) is 13.6 Å². The third kappa shape index (κ3) is 3.48. The molecule has 1 aromatic rings. The first-order valence-corrected chi connectivity index (χ1v) is 11.7. The molecule has 146 valence electrons. The van der Waals surface area contributed by atoms with E-state index in [0.717, 1.165) is 37.9 Å². The van der Waals surface area contributed by atoms with Gasteiger partial charge in [0.1, 0.15) is 5.75 Å². The standard InChI is InChI=1S/C21H33O4P/c1-4-24-26(22,25-5-2)20-14-10-16-21(20)15-9-8-12-18(21)17-11-6-7-13-19(17)23-3/h6-7,11,13,18,20H,4-5,8-10,12,14-16H2,1-3H3/t18-,20?,21+/m0/s1. The van der Waals surface area contributed by atoms with E-state index in [9.17, 15) is 4.57 Å². The van der Waals surface area contributed by atoms with Crippen molar-refractivity contribution in [3.05, 3.63) is 29.8 Å². The van der Waals surface area contributed by atoms with Crippen molar-refractivity contribution in [2.24, 2.45) is 5.41 Å². The van der Waals surface area contributed by atoms with Crippen molar-refractivity contribution < 1.29 is 18.3 Å². The number of hydrogen-bond acceptors (Lipinski definition) is 4. The Morgan fingerprint density at radius 1 is 1.04 bits per heavy atom. The molecular weight excluding hydrogens is 347 g/mol. The summed E-state index contributed by atoms with van der Waals surface area (Å²) in [7, 11) is -1.38. The minimum Gasteiger partial charge on any atom is -0.496 e. The van der Waals surface area contributed by atoms with Crippen LogP contribution in [0.3, 0.4) is 0 Å². The summed E-state index contributed by atoms with van der Waals surface area (Å²) >= 11 is 0. The highest BCUT2D eigenvalue weighted by Gasteiger charge is 2.58. The largest absolute Gasteiger partial charge is 0.496 e. The lowest BCUT2D eigenvalue weighted by atomic mass is 9.62. The SMILES string of the molecule is CCOP(=O)(OCC)C1CCC[C@@]12CCCC[C@H]2c1ccccc1OC. The predicted octanol–water partition coefficient (Wildman–Crippen LogP) is 6.16. The van der Waals surface area contributed by atoms with Gasteiger partial charge in [-0.2, -0.15) is 0 Å². The summed E-state index contributed by atoms with van der Waals surface area (Å²) < 4.78 is 31.1. The van der Waals surface area contributed by atoms with Crippen molar-refractivity contribution in [3.63, 3.8) is 0 Å². The van der Waals surface area contributed by atoms with Crippen LogP contribution in [0.4, 0.5) is 0 Å². The lowest BCUT2D eigenvalue weighted by Crippen LogP contribution is -2.39. The van der Waals surface area contributed by atoms with E-state index < -0.39 is 7.60 Å². The van der Waals surface area contributed by atoms with Gasteiger partial charge in [0.2, 0.25) is 0 Å². The maximum atomic E-state index is 13.7. The molecule has 26 heavy (non-hydrogen) atoms. The van der Waals surface area contributed by atoms with Crippen molar-refractivity contribution in [2.45, 2.75) is 70.4 Å². The summed E-state index contributed by atoms with van der Waals surface area (Å²) in [6, 6.07) is 8.36. The van der Waals surface area contributed by atoms with E-state index in [4.69, 9.17) is 13.8 Å². The van der Waals surface area contributed by atoms with Crippen LogP contribution < -0.4 is 4.74 Å². The van der Waals surface area contributed by atoms with Gasteiger partial charge in [-0.25, -0.2) is 0 Å². The third-order valence-electron chi connectivity index (χ3n) is 6.38. The third-order valence-corrected chi connectivity index (χ3v) is 9.15. The van der Waals surface area contributed by atoms with Gasteiger partial charge in [0.25, 0.3) is 0 Å². The van der Waals surface area contributed by atoms with E-state index in [1.165, 1.54) is 18.4 Å². The van der Waals surface area contributed by atoms with Crippen molar-refractivity contribution >= 4 is 7.60 Å². The predicted molar refractivity (Wildman–Crippen MR) is 105 cm³/mol. The van der Waals surface area contributed by atoms with Crippen molar-refractivity contribution in [3.8, 4) is 5.75 Å². The number of hydrogen-bond donors (Lipinski definition) is 0. The molecule has 3 rings (SSSR count). The molecule has 0 saturated heterocycles. The number of methoxy groups -OCH3 is 1. The maximum Gasteiger partial charge on any atom is 0.334 e. The molecule has 1 unspecified atom stereocenters.